The van der Waals surface area contributed by atoms with Crippen LogP contribution in [0.2, 0.25) is 0 Å². The molecule has 0 aliphatic rings. The van der Waals surface area contributed by atoms with Gasteiger partial charge in [0.25, 0.3) is 0 Å². The van der Waals surface area contributed by atoms with Gasteiger partial charge in [0.15, 0.2) is 0 Å². The molecule has 3 aromatic carbocycles. The number of rotatable bonds is 13. The van der Waals surface area contributed by atoms with Crippen LogP contribution in [0.25, 0.3) is 0 Å². The fourth-order valence-corrected chi connectivity index (χ4v) is 5.27. The molecule has 0 aliphatic carbocycles. The van der Waals surface area contributed by atoms with E-state index in [4.69, 9.17) is 0 Å². The van der Waals surface area contributed by atoms with Gasteiger partial charge in [-0.25, -0.2) is 8.70 Å². The Labute approximate surface area is 243 Å². The van der Waals surface area contributed by atoms with E-state index in [0.717, 1.165) is 37.4 Å². The Bertz CT molecular complexity index is 1400. The van der Waals surface area contributed by atoms with Crippen LogP contribution in [0, 0.1) is 12.7 Å². The molecule has 0 aromatic heterocycles. The summed E-state index contributed by atoms with van der Waals surface area (Å²) in [6, 6.07) is 20.9. The molecule has 10 heteroatoms. The fourth-order valence-electron chi connectivity index (χ4n) is 4.21. The lowest BCUT2D eigenvalue weighted by atomic mass is 10.0. The van der Waals surface area contributed by atoms with Crippen LogP contribution in [0.4, 0.5) is 10.1 Å². The molecule has 2 atom stereocenters. The normalized spacial score (nSPS) is 13.0. The van der Waals surface area contributed by atoms with Gasteiger partial charge in [-0.15, -0.1) is 0 Å². The number of hydrogen-bond donors (Lipinski definition) is 1. The number of nitrogens with one attached hydrogen (secondary N) is 1. The number of benzene rings is 3. The third-order valence-electron chi connectivity index (χ3n) is 6.88. The lowest BCUT2D eigenvalue weighted by molar-refractivity contribution is -0.140. The number of amides is 2. The Kier molecular flexibility index (Phi) is 11.0. The Morgan fingerprint density at radius 3 is 2.07 bits per heavy atom. The van der Waals surface area contributed by atoms with Gasteiger partial charge in [-0.3, -0.25) is 9.59 Å². The van der Waals surface area contributed by atoms with Crippen molar-refractivity contribution in [2.24, 2.45) is 0 Å². The zero-order valence-corrected chi connectivity index (χ0v) is 25.1. The van der Waals surface area contributed by atoms with Crippen molar-refractivity contribution in [2.75, 3.05) is 24.9 Å². The summed E-state index contributed by atoms with van der Waals surface area (Å²) in [5, 5.41) is 3.01. The molecular formula is C31H39FN4O4S. The standard InChI is InChI=1S/C31H39FN4O4S/c1-6-24(3)33-31(38)29(20-25-10-8-7-9-11-25)35(21-26-14-12-23(2)13-15-26)30(37)22-36(41(39,40)34(4)5)28-18-16-27(32)17-19-28/h7-19,24,29H,6,20-22H2,1-5H3,(H,33,38)/t24-,29+/m0/s1. The minimum atomic E-state index is -4.14. The molecule has 0 aliphatic heterocycles. The maximum atomic E-state index is 14.2. The summed E-state index contributed by atoms with van der Waals surface area (Å²) in [7, 11) is -1.42. The maximum absolute atomic E-state index is 14.2. The molecule has 0 bridgehead atoms. The molecule has 0 radical (unpaired) electrons. The highest BCUT2D eigenvalue weighted by Gasteiger charge is 2.35. The SMILES string of the molecule is CC[C@H](C)NC(=O)[C@@H](Cc1ccccc1)N(Cc1ccc(C)cc1)C(=O)CN(c1ccc(F)cc1)S(=O)(=O)N(C)C. The molecule has 0 saturated heterocycles. The predicted molar refractivity (Wildman–Crippen MR) is 160 cm³/mol. The van der Waals surface area contributed by atoms with E-state index in [1.165, 1.54) is 31.1 Å². The van der Waals surface area contributed by atoms with E-state index in [1.807, 2.05) is 75.4 Å². The predicted octanol–water partition coefficient (Wildman–Crippen LogP) is 4.30. The first-order valence-electron chi connectivity index (χ1n) is 13.6. The van der Waals surface area contributed by atoms with Crippen molar-refractivity contribution in [3.05, 3.63) is 101 Å². The smallest absolute Gasteiger partial charge is 0.304 e. The molecule has 2 amide bonds. The average molecular weight is 583 g/mol. The molecule has 220 valence electrons. The average Bonchev–Trinajstić information content (AvgIpc) is 2.95. The monoisotopic (exact) mass is 582 g/mol. The Morgan fingerprint density at radius 1 is 0.902 bits per heavy atom. The molecule has 0 spiro atoms. The summed E-state index contributed by atoms with van der Waals surface area (Å²) >= 11 is 0. The van der Waals surface area contributed by atoms with E-state index < -0.39 is 34.5 Å². The van der Waals surface area contributed by atoms with E-state index in [-0.39, 0.29) is 30.6 Å². The van der Waals surface area contributed by atoms with Crippen molar-refractivity contribution in [3.8, 4) is 0 Å². The third kappa shape index (κ3) is 8.61. The zero-order chi connectivity index (χ0) is 30.2. The van der Waals surface area contributed by atoms with Gasteiger partial charge in [-0.2, -0.15) is 12.7 Å². The first-order valence-corrected chi connectivity index (χ1v) is 15.0. The fraction of sp³-hybridized carbons (Fsp3) is 0.355. The second-order valence-electron chi connectivity index (χ2n) is 10.3. The summed E-state index contributed by atoms with van der Waals surface area (Å²) in [5.74, 6) is -1.43. The third-order valence-corrected chi connectivity index (χ3v) is 8.70. The minimum Gasteiger partial charge on any atom is -0.352 e. The second-order valence-corrected chi connectivity index (χ2v) is 12.4. The van der Waals surface area contributed by atoms with Crippen molar-refractivity contribution in [1.29, 1.82) is 0 Å². The zero-order valence-electron chi connectivity index (χ0n) is 24.2. The van der Waals surface area contributed by atoms with Crippen molar-refractivity contribution in [1.82, 2.24) is 14.5 Å². The Morgan fingerprint density at radius 2 is 1.51 bits per heavy atom. The van der Waals surface area contributed by atoms with E-state index in [1.54, 1.807) is 0 Å². The number of carbonyl (C=O) groups excluding carboxylic acids is 2. The quantitative estimate of drug-likeness (QED) is 0.326. The molecule has 41 heavy (non-hydrogen) atoms. The number of hydrogen-bond acceptors (Lipinski definition) is 4. The first-order chi connectivity index (χ1) is 19.4. The summed E-state index contributed by atoms with van der Waals surface area (Å²) in [6.07, 6.45) is 0.937. The molecule has 0 heterocycles. The summed E-state index contributed by atoms with van der Waals surface area (Å²) < 4.78 is 42.3. The number of carbonyl (C=O) groups is 2. The van der Waals surface area contributed by atoms with Gasteiger partial charge in [0.1, 0.15) is 18.4 Å². The molecule has 0 unspecified atom stereocenters. The molecule has 0 fully saturated rings. The van der Waals surface area contributed by atoms with E-state index in [0.29, 0.717) is 6.42 Å². The second kappa shape index (κ2) is 14.2. The summed E-state index contributed by atoms with van der Waals surface area (Å²) in [4.78, 5) is 29.3. The molecular weight excluding hydrogens is 543 g/mol. The Hall–Kier alpha value is -3.76. The van der Waals surface area contributed by atoms with E-state index >= 15 is 0 Å². The lowest BCUT2D eigenvalue weighted by Gasteiger charge is -2.35. The molecule has 1 N–H and O–H groups in total. The van der Waals surface area contributed by atoms with Crippen LogP contribution in [0.3, 0.4) is 0 Å². The van der Waals surface area contributed by atoms with Gasteiger partial charge < -0.3 is 10.2 Å². The highest BCUT2D eigenvalue weighted by atomic mass is 32.2. The number of nitrogens with zero attached hydrogens (tertiary/aromatic N) is 3. The van der Waals surface area contributed by atoms with Crippen LogP contribution < -0.4 is 9.62 Å². The van der Waals surface area contributed by atoms with Gasteiger partial charge in [0, 0.05) is 33.1 Å². The van der Waals surface area contributed by atoms with Gasteiger partial charge in [-0.1, -0.05) is 67.1 Å². The Balaban J connectivity index is 2.08. The van der Waals surface area contributed by atoms with Crippen molar-refractivity contribution < 1.29 is 22.4 Å². The van der Waals surface area contributed by atoms with E-state index in [9.17, 15) is 22.4 Å². The number of aryl methyl sites for hydroxylation is 1. The van der Waals surface area contributed by atoms with Crippen LogP contribution in [0.15, 0.2) is 78.9 Å². The van der Waals surface area contributed by atoms with Crippen molar-refractivity contribution in [3.63, 3.8) is 0 Å². The van der Waals surface area contributed by atoms with Crippen LogP contribution in [-0.2, 0) is 32.8 Å². The first kappa shape index (κ1) is 31.8. The largest absolute Gasteiger partial charge is 0.352 e. The highest BCUT2D eigenvalue weighted by molar-refractivity contribution is 7.90. The maximum Gasteiger partial charge on any atom is 0.304 e. The van der Waals surface area contributed by atoms with Crippen LogP contribution >= 0.6 is 0 Å². The minimum absolute atomic E-state index is 0.0871. The van der Waals surface area contributed by atoms with Gasteiger partial charge in [0.2, 0.25) is 11.8 Å². The van der Waals surface area contributed by atoms with E-state index in [2.05, 4.69) is 5.32 Å². The highest BCUT2D eigenvalue weighted by Crippen LogP contribution is 2.22. The molecule has 0 saturated carbocycles. The van der Waals surface area contributed by atoms with Gasteiger partial charge in [-0.05, 0) is 55.7 Å². The number of anilines is 1. The van der Waals surface area contributed by atoms with Gasteiger partial charge >= 0.3 is 10.2 Å². The van der Waals surface area contributed by atoms with Gasteiger partial charge in [0.05, 0.1) is 5.69 Å². The van der Waals surface area contributed by atoms with Crippen LogP contribution in [0.5, 0.6) is 0 Å². The number of halogens is 1. The van der Waals surface area contributed by atoms with Crippen molar-refractivity contribution in [2.45, 2.75) is 52.2 Å². The molecule has 8 nitrogen and oxygen atoms in total. The van der Waals surface area contributed by atoms with Crippen molar-refractivity contribution >= 4 is 27.7 Å². The molecule has 3 rings (SSSR count). The summed E-state index contributed by atoms with van der Waals surface area (Å²) in [6.45, 7) is 5.31. The molecule has 3 aromatic rings. The van der Waals surface area contributed by atoms with Crippen LogP contribution in [0.1, 0.15) is 37.0 Å². The lowest BCUT2D eigenvalue weighted by Crippen LogP contribution is -2.55. The summed E-state index contributed by atoms with van der Waals surface area (Å²) in [5.41, 5.74) is 2.82. The topological polar surface area (TPSA) is 90.0 Å². The van der Waals surface area contributed by atoms with Crippen LogP contribution in [-0.4, -0.2) is 62.2 Å².